The first-order valence-electron chi connectivity index (χ1n) is 12.0. The predicted octanol–water partition coefficient (Wildman–Crippen LogP) is 6.34. The maximum Gasteiger partial charge on any atom is 0.162 e. The van der Waals surface area contributed by atoms with Crippen LogP contribution in [0.5, 0.6) is 17.2 Å². The number of aromatic nitrogens is 1. The van der Waals surface area contributed by atoms with Crippen molar-refractivity contribution in [1.29, 1.82) is 0 Å². The number of ether oxygens (including phenoxy) is 2. The maximum atomic E-state index is 11.5. The van der Waals surface area contributed by atoms with Gasteiger partial charge in [-0.15, -0.1) is 0 Å². The molecule has 0 spiro atoms. The number of hydrogen-bond donors (Lipinski definition) is 1. The Morgan fingerprint density at radius 1 is 0.711 bits per heavy atom. The molecule has 0 fully saturated rings. The second kappa shape index (κ2) is 14.9. The van der Waals surface area contributed by atoms with Gasteiger partial charge in [0.15, 0.2) is 17.2 Å². The number of nitrogens with zero attached hydrogens (tertiary/aromatic N) is 1. The Balaban J connectivity index is 0.000000796. The van der Waals surface area contributed by atoms with Gasteiger partial charge in [0.2, 0.25) is 0 Å². The second-order valence-electron chi connectivity index (χ2n) is 9.66. The Morgan fingerprint density at radius 2 is 1.18 bits per heavy atom. The topological polar surface area (TPSA) is 51.6 Å². The van der Waals surface area contributed by atoms with E-state index in [1.807, 2.05) is 48.5 Å². The summed E-state index contributed by atoms with van der Waals surface area (Å²) in [4.78, 5) is 3.78. The largest absolute Gasteiger partial charge is 0.504 e. The zero-order chi connectivity index (χ0) is 26.3. The van der Waals surface area contributed by atoms with E-state index in [0.717, 1.165) is 44.1 Å². The molecule has 0 saturated carbocycles. The molecule has 1 heterocycles. The third-order valence-corrected chi connectivity index (χ3v) is 9.31. The Bertz CT molecular complexity index is 1210. The van der Waals surface area contributed by atoms with Crippen LogP contribution in [-0.4, -0.2) is 24.3 Å². The van der Waals surface area contributed by atoms with Crippen molar-refractivity contribution in [3.8, 4) is 17.2 Å². The van der Waals surface area contributed by atoms with Gasteiger partial charge in [0, 0.05) is 34.4 Å². The van der Waals surface area contributed by atoms with Gasteiger partial charge >= 0.3 is 0 Å². The van der Waals surface area contributed by atoms with E-state index < -0.39 is 7.92 Å². The van der Waals surface area contributed by atoms with E-state index >= 15 is 0 Å². The number of pyridine rings is 1. The van der Waals surface area contributed by atoms with Gasteiger partial charge < -0.3 is 22.0 Å². The number of rotatable bonds is 5. The Morgan fingerprint density at radius 3 is 1.55 bits per heavy atom. The molecule has 6 heteroatoms. The molecule has 1 aromatic heterocycles. The van der Waals surface area contributed by atoms with E-state index in [1.165, 1.54) is 0 Å². The first-order chi connectivity index (χ1) is 17.2. The maximum absolute atomic E-state index is 11.5. The summed E-state index contributed by atoms with van der Waals surface area (Å²) >= 11 is 0. The summed E-state index contributed by atoms with van der Waals surface area (Å²) in [6, 6.07) is 24.1. The summed E-state index contributed by atoms with van der Waals surface area (Å²) in [6.07, 6.45) is 3.50. The van der Waals surface area contributed by atoms with Gasteiger partial charge in [0.1, 0.15) is 23.8 Å². The third-order valence-electron chi connectivity index (χ3n) is 6.09. The zero-order valence-electron chi connectivity index (χ0n) is 23.6. The van der Waals surface area contributed by atoms with E-state index in [0.29, 0.717) is 5.75 Å². The number of phenolic OH excluding ortho intramolecular Hbond substituents is 1. The number of para-hydroxylation sites is 1. The quantitative estimate of drug-likeness (QED) is 0.171. The Kier molecular flexibility index (Phi) is 13.0. The van der Waals surface area contributed by atoms with Crippen molar-refractivity contribution in [2.75, 3.05) is 14.2 Å². The fourth-order valence-corrected chi connectivity index (χ4v) is 7.56. The number of aryl methyl sites for hydroxylation is 2. The third kappa shape index (κ3) is 7.59. The Hall–Kier alpha value is -2.87. The summed E-state index contributed by atoms with van der Waals surface area (Å²) < 4.78 is 11.6. The van der Waals surface area contributed by atoms with E-state index in [1.54, 1.807) is 26.6 Å². The molecule has 0 amide bonds. The minimum Gasteiger partial charge on any atom is -0.504 e. The van der Waals surface area contributed by atoms with Crippen LogP contribution in [0.4, 0.5) is 0 Å². The van der Waals surface area contributed by atoms with Gasteiger partial charge in [-0.25, -0.2) is 0 Å². The SMILES string of the molecule is COc1cccc(C)c1[PH+](c1cccc(C(C)(C)C)c1O)c1c(C)cccc1OC.[CH3-].[Ni].c1ccncc1. The average molecular weight is 576 g/mol. The number of phenols is 1. The van der Waals surface area contributed by atoms with Crippen LogP contribution in [-0.2, 0) is 21.9 Å². The number of hydrogen-bond acceptors (Lipinski definition) is 4. The van der Waals surface area contributed by atoms with E-state index in [9.17, 15) is 5.11 Å². The standard InChI is InChI=1S/C26H31O3P.C5H5N.CH3.Ni/c1-17-11-8-14-20(28-6)24(17)30(25-18(2)12-9-15-21(25)29-7)22-16-10-13-19(23(22)27)26(3,4)5;1-2-4-6-5-3-1;;/h8-16,27H,1-7H3;1-5H;1H3;/q;;-1;/p+1. The molecule has 4 rings (SSSR count). The molecule has 0 unspecified atom stereocenters. The predicted molar refractivity (Wildman–Crippen MR) is 160 cm³/mol. The molecule has 4 nitrogen and oxygen atoms in total. The number of methoxy groups -OCH3 is 2. The minimum atomic E-state index is -1.63. The van der Waals surface area contributed by atoms with Gasteiger partial charge in [0.25, 0.3) is 0 Å². The van der Waals surface area contributed by atoms with Crippen LogP contribution in [0, 0.1) is 21.3 Å². The molecule has 0 aliphatic carbocycles. The average Bonchev–Trinajstić information content (AvgIpc) is 2.87. The van der Waals surface area contributed by atoms with E-state index in [-0.39, 0.29) is 29.3 Å². The molecular weight excluding hydrogens is 536 g/mol. The molecule has 38 heavy (non-hydrogen) atoms. The fourth-order valence-electron chi connectivity index (χ4n) is 4.32. The summed E-state index contributed by atoms with van der Waals surface area (Å²) in [6.45, 7) is 10.6. The first-order valence-corrected chi connectivity index (χ1v) is 13.5. The van der Waals surface area contributed by atoms with Crippen molar-refractivity contribution in [2.45, 2.75) is 40.0 Å². The van der Waals surface area contributed by atoms with Crippen molar-refractivity contribution in [3.05, 3.63) is 109 Å². The normalized spacial score (nSPS) is 10.4. The summed E-state index contributed by atoms with van der Waals surface area (Å²) in [5.41, 5.74) is 3.07. The Labute approximate surface area is 240 Å². The van der Waals surface area contributed by atoms with Crippen molar-refractivity contribution >= 4 is 23.8 Å². The molecule has 0 bridgehead atoms. The smallest absolute Gasteiger partial charge is 0.162 e. The van der Waals surface area contributed by atoms with Crippen LogP contribution in [0.2, 0.25) is 0 Å². The van der Waals surface area contributed by atoms with E-state index in [2.05, 4.69) is 63.9 Å². The molecule has 1 N–H and O–H groups in total. The molecule has 0 atom stereocenters. The van der Waals surface area contributed by atoms with Crippen molar-refractivity contribution in [3.63, 3.8) is 0 Å². The van der Waals surface area contributed by atoms with Gasteiger partial charge in [-0.05, 0) is 60.7 Å². The summed E-state index contributed by atoms with van der Waals surface area (Å²) in [5, 5.41) is 14.7. The molecule has 0 aliphatic rings. The van der Waals surface area contributed by atoms with Crippen LogP contribution in [0.15, 0.2) is 85.2 Å². The second-order valence-corrected chi connectivity index (χ2v) is 11.9. The molecular formula is C32H40NNiO3P. The van der Waals surface area contributed by atoms with Gasteiger partial charge in [0.05, 0.1) is 14.2 Å². The molecule has 3 aromatic carbocycles. The summed E-state index contributed by atoms with van der Waals surface area (Å²) in [5.74, 6) is 2.05. The number of aromatic hydroxyl groups is 1. The number of benzene rings is 3. The zero-order valence-corrected chi connectivity index (χ0v) is 25.6. The van der Waals surface area contributed by atoms with Crippen molar-refractivity contribution in [1.82, 2.24) is 4.98 Å². The fraction of sp³-hybridized carbons (Fsp3) is 0.250. The van der Waals surface area contributed by atoms with Crippen LogP contribution in [0.25, 0.3) is 0 Å². The van der Waals surface area contributed by atoms with Crippen molar-refractivity contribution < 1.29 is 31.1 Å². The first kappa shape index (κ1) is 33.2. The molecule has 4 aromatic rings. The molecule has 206 valence electrons. The van der Waals surface area contributed by atoms with E-state index in [4.69, 9.17) is 9.47 Å². The van der Waals surface area contributed by atoms with Crippen LogP contribution >= 0.6 is 7.92 Å². The minimum absolute atomic E-state index is 0. The van der Waals surface area contributed by atoms with Gasteiger partial charge in [-0.3, -0.25) is 4.98 Å². The van der Waals surface area contributed by atoms with Crippen molar-refractivity contribution in [2.24, 2.45) is 0 Å². The van der Waals surface area contributed by atoms with Crippen LogP contribution in [0.1, 0.15) is 37.5 Å². The molecule has 0 aliphatic heterocycles. The van der Waals surface area contributed by atoms with Crippen LogP contribution in [0.3, 0.4) is 0 Å². The van der Waals surface area contributed by atoms with Gasteiger partial charge in [-0.2, -0.15) is 0 Å². The van der Waals surface area contributed by atoms with Gasteiger partial charge in [-0.1, -0.05) is 63.2 Å². The molecule has 0 saturated heterocycles. The summed E-state index contributed by atoms with van der Waals surface area (Å²) in [7, 11) is 1.78. The van der Waals surface area contributed by atoms with Crippen LogP contribution < -0.4 is 25.4 Å². The molecule has 0 radical (unpaired) electrons. The monoisotopic (exact) mass is 575 g/mol.